The van der Waals surface area contributed by atoms with E-state index in [0.29, 0.717) is 49.7 Å². The molecule has 2 aliphatic heterocycles. The molecule has 0 atom stereocenters. The molecule has 30 heavy (non-hydrogen) atoms. The molecule has 0 aliphatic carbocycles. The zero-order valence-electron chi connectivity index (χ0n) is 16.4. The highest BCUT2D eigenvalue weighted by atomic mass is 19.1. The normalized spacial score (nSPS) is 18.2. The number of para-hydroxylation sites is 2. The first-order chi connectivity index (χ1) is 14.5. The summed E-state index contributed by atoms with van der Waals surface area (Å²) >= 11 is 0. The van der Waals surface area contributed by atoms with Gasteiger partial charge in [0, 0.05) is 25.1 Å². The number of hydrogen-bond donors (Lipinski definition) is 2. The summed E-state index contributed by atoms with van der Waals surface area (Å²) in [5, 5.41) is 13.6. The van der Waals surface area contributed by atoms with Crippen molar-refractivity contribution in [3.8, 4) is 5.75 Å². The number of rotatable bonds is 4. The molecule has 0 radical (unpaired) electrons. The van der Waals surface area contributed by atoms with Gasteiger partial charge >= 0.3 is 0 Å². The third kappa shape index (κ3) is 3.47. The molecular weight excluding hydrogens is 389 g/mol. The Balaban J connectivity index is 1.25. The highest BCUT2D eigenvalue weighted by Crippen LogP contribution is 2.35. The SMILES string of the molecule is O=C1CCc2c(OCC3(O)CCN(c4nc5ccccc5o4)CC3)ccc(F)c2N1. The van der Waals surface area contributed by atoms with Gasteiger partial charge in [-0.2, -0.15) is 4.98 Å². The van der Waals surface area contributed by atoms with Gasteiger partial charge in [0.2, 0.25) is 5.91 Å². The molecule has 0 bridgehead atoms. The smallest absolute Gasteiger partial charge is 0.298 e. The second kappa shape index (κ2) is 7.28. The number of fused-ring (bicyclic) bond motifs is 2. The lowest BCUT2D eigenvalue weighted by atomic mass is 9.92. The number of piperidine rings is 1. The Labute approximate surface area is 172 Å². The van der Waals surface area contributed by atoms with Gasteiger partial charge in [0.05, 0.1) is 5.69 Å². The Hall–Kier alpha value is -3.13. The number of ether oxygens (including phenoxy) is 1. The number of aliphatic hydroxyl groups is 1. The molecule has 1 fully saturated rings. The number of carbonyl (C=O) groups excluding carboxylic acids is 1. The summed E-state index contributed by atoms with van der Waals surface area (Å²) in [7, 11) is 0. The summed E-state index contributed by atoms with van der Waals surface area (Å²) in [6, 6.07) is 11.0. The Bertz CT molecular complexity index is 1070. The molecule has 5 rings (SSSR count). The van der Waals surface area contributed by atoms with Crippen molar-refractivity contribution in [2.45, 2.75) is 31.3 Å². The first-order valence-corrected chi connectivity index (χ1v) is 10.1. The van der Waals surface area contributed by atoms with Crippen LogP contribution in [0, 0.1) is 5.82 Å². The molecule has 0 unspecified atom stereocenters. The number of halogens is 1. The average molecular weight is 411 g/mol. The summed E-state index contributed by atoms with van der Waals surface area (Å²) in [5.41, 5.74) is 1.38. The van der Waals surface area contributed by atoms with E-state index in [1.54, 1.807) is 6.07 Å². The van der Waals surface area contributed by atoms with Gasteiger partial charge in [0.1, 0.15) is 29.3 Å². The number of nitrogens with one attached hydrogen (secondary N) is 1. The van der Waals surface area contributed by atoms with E-state index in [1.807, 2.05) is 29.2 Å². The zero-order chi connectivity index (χ0) is 20.7. The van der Waals surface area contributed by atoms with Crippen molar-refractivity contribution < 1.29 is 23.4 Å². The number of benzene rings is 2. The molecule has 2 aliphatic rings. The van der Waals surface area contributed by atoms with E-state index >= 15 is 0 Å². The molecular formula is C22H22FN3O4. The van der Waals surface area contributed by atoms with E-state index in [2.05, 4.69) is 10.3 Å². The van der Waals surface area contributed by atoms with Crippen LogP contribution < -0.4 is 15.0 Å². The molecule has 3 heterocycles. The third-order valence-electron chi connectivity index (χ3n) is 5.83. The van der Waals surface area contributed by atoms with Crippen molar-refractivity contribution >= 4 is 28.7 Å². The van der Waals surface area contributed by atoms with Crippen molar-refractivity contribution in [1.29, 1.82) is 0 Å². The predicted molar refractivity (Wildman–Crippen MR) is 109 cm³/mol. The molecule has 2 N–H and O–H groups in total. The number of oxazole rings is 1. The zero-order valence-corrected chi connectivity index (χ0v) is 16.4. The minimum Gasteiger partial charge on any atom is -0.490 e. The highest BCUT2D eigenvalue weighted by Gasteiger charge is 2.35. The molecule has 0 saturated carbocycles. The van der Waals surface area contributed by atoms with E-state index < -0.39 is 11.4 Å². The first kappa shape index (κ1) is 18.9. The maximum Gasteiger partial charge on any atom is 0.298 e. The molecule has 0 spiro atoms. The van der Waals surface area contributed by atoms with E-state index in [1.165, 1.54) is 6.07 Å². The molecule has 1 aromatic heterocycles. The number of nitrogens with zero attached hydrogens (tertiary/aromatic N) is 2. The van der Waals surface area contributed by atoms with Gasteiger partial charge in [0.15, 0.2) is 5.58 Å². The Kier molecular flexibility index (Phi) is 4.58. The van der Waals surface area contributed by atoms with Crippen molar-refractivity contribution in [2.24, 2.45) is 0 Å². The lowest BCUT2D eigenvalue weighted by molar-refractivity contribution is -0.116. The minimum atomic E-state index is -0.998. The van der Waals surface area contributed by atoms with Crippen LogP contribution in [-0.4, -0.2) is 41.3 Å². The van der Waals surface area contributed by atoms with Crippen LogP contribution in [-0.2, 0) is 11.2 Å². The van der Waals surface area contributed by atoms with Crippen LogP contribution in [0.25, 0.3) is 11.1 Å². The van der Waals surface area contributed by atoms with Gasteiger partial charge in [-0.3, -0.25) is 4.79 Å². The van der Waals surface area contributed by atoms with Crippen molar-refractivity contribution in [1.82, 2.24) is 4.98 Å². The van der Waals surface area contributed by atoms with Gasteiger partial charge in [-0.25, -0.2) is 4.39 Å². The van der Waals surface area contributed by atoms with Gasteiger partial charge in [0.25, 0.3) is 6.01 Å². The van der Waals surface area contributed by atoms with Crippen LogP contribution in [0.2, 0.25) is 0 Å². The van der Waals surface area contributed by atoms with Crippen LogP contribution in [0.15, 0.2) is 40.8 Å². The summed E-state index contributed by atoms with van der Waals surface area (Å²) in [6.45, 7) is 1.27. The maximum absolute atomic E-state index is 14.0. The van der Waals surface area contributed by atoms with Crippen LogP contribution in [0.1, 0.15) is 24.8 Å². The average Bonchev–Trinajstić information content (AvgIpc) is 3.18. The minimum absolute atomic E-state index is 0.0976. The summed E-state index contributed by atoms with van der Waals surface area (Å²) in [4.78, 5) is 18.1. The molecule has 156 valence electrons. The highest BCUT2D eigenvalue weighted by molar-refractivity contribution is 5.94. The summed E-state index contributed by atoms with van der Waals surface area (Å²) in [6.07, 6.45) is 1.69. The second-order valence-corrected chi connectivity index (χ2v) is 7.91. The lowest BCUT2D eigenvalue weighted by Gasteiger charge is -2.37. The fraction of sp³-hybridized carbons (Fsp3) is 0.364. The quantitative estimate of drug-likeness (QED) is 0.685. The van der Waals surface area contributed by atoms with Crippen LogP contribution in [0.3, 0.4) is 0 Å². The number of aromatic nitrogens is 1. The summed E-state index contributed by atoms with van der Waals surface area (Å²) in [5.74, 6) is -0.180. The fourth-order valence-electron chi connectivity index (χ4n) is 4.03. The molecule has 8 heteroatoms. The fourth-order valence-corrected chi connectivity index (χ4v) is 4.03. The van der Waals surface area contributed by atoms with Crippen molar-refractivity contribution in [3.63, 3.8) is 0 Å². The number of carbonyl (C=O) groups is 1. The Morgan fingerprint density at radius 1 is 1.20 bits per heavy atom. The van der Waals surface area contributed by atoms with Crippen LogP contribution in [0.4, 0.5) is 16.1 Å². The van der Waals surface area contributed by atoms with Crippen molar-refractivity contribution in [2.75, 3.05) is 29.9 Å². The van der Waals surface area contributed by atoms with Crippen LogP contribution in [0.5, 0.6) is 5.75 Å². The predicted octanol–water partition coefficient (Wildman–Crippen LogP) is 3.26. The standard InChI is InChI=1S/C22H22FN3O4/c23-15-6-7-17(14-5-8-19(27)25-20(14)15)29-13-22(28)9-11-26(12-10-22)21-24-16-3-1-2-4-18(16)30-21/h1-4,6-7,28H,5,8-13H2,(H,25,27). The number of hydrogen-bond acceptors (Lipinski definition) is 6. The largest absolute Gasteiger partial charge is 0.490 e. The van der Waals surface area contributed by atoms with Gasteiger partial charge < -0.3 is 24.5 Å². The third-order valence-corrected chi connectivity index (χ3v) is 5.83. The second-order valence-electron chi connectivity index (χ2n) is 7.91. The Morgan fingerprint density at radius 2 is 2.00 bits per heavy atom. The molecule has 2 aromatic carbocycles. The van der Waals surface area contributed by atoms with E-state index in [0.717, 1.165) is 11.1 Å². The van der Waals surface area contributed by atoms with Gasteiger partial charge in [-0.05, 0) is 43.5 Å². The maximum atomic E-state index is 14.0. The molecule has 3 aromatic rings. The monoisotopic (exact) mass is 411 g/mol. The van der Waals surface area contributed by atoms with E-state index in [9.17, 15) is 14.3 Å². The molecule has 1 amide bonds. The Morgan fingerprint density at radius 3 is 2.80 bits per heavy atom. The van der Waals surface area contributed by atoms with Gasteiger partial charge in [-0.1, -0.05) is 12.1 Å². The topological polar surface area (TPSA) is 87.8 Å². The van der Waals surface area contributed by atoms with E-state index in [4.69, 9.17) is 9.15 Å². The van der Waals surface area contributed by atoms with Gasteiger partial charge in [-0.15, -0.1) is 0 Å². The summed E-state index contributed by atoms with van der Waals surface area (Å²) < 4.78 is 25.8. The van der Waals surface area contributed by atoms with Crippen molar-refractivity contribution in [3.05, 3.63) is 47.8 Å². The number of anilines is 2. The lowest BCUT2D eigenvalue weighted by Crippen LogP contribution is -2.48. The van der Waals surface area contributed by atoms with E-state index in [-0.39, 0.29) is 24.6 Å². The number of amides is 1. The molecule has 1 saturated heterocycles. The first-order valence-electron chi connectivity index (χ1n) is 10.1. The molecule has 7 nitrogen and oxygen atoms in total. The van der Waals surface area contributed by atoms with Crippen LogP contribution >= 0.6 is 0 Å².